The van der Waals surface area contributed by atoms with Gasteiger partial charge >= 0.3 is 6.61 Å². The fourth-order valence-electron chi connectivity index (χ4n) is 3.04. The normalized spacial score (nSPS) is 14.1. The highest BCUT2D eigenvalue weighted by atomic mass is 35.5. The zero-order chi connectivity index (χ0) is 21.6. The Balaban J connectivity index is 0.00000341. The Morgan fingerprint density at radius 3 is 2.55 bits per heavy atom. The van der Waals surface area contributed by atoms with E-state index in [0.29, 0.717) is 24.5 Å². The first-order chi connectivity index (χ1) is 14.4. The van der Waals surface area contributed by atoms with Gasteiger partial charge in [0, 0.05) is 32.2 Å². The molecular weight excluding hydrogens is 459 g/mol. The SMILES string of the molecule is Cl.O=S(=O)(Nc1ccc(OCCF)c(N2CCNCC2)c1)c1cccc(OC(F)F)c1. The molecule has 0 aromatic heterocycles. The number of ether oxygens (including phenoxy) is 2. The molecular formula is C19H23ClF3N3O4S. The van der Waals surface area contributed by atoms with Crippen LogP contribution in [0.25, 0.3) is 0 Å². The zero-order valence-corrected chi connectivity index (χ0v) is 18.0. The molecule has 0 aliphatic carbocycles. The summed E-state index contributed by atoms with van der Waals surface area (Å²) in [7, 11) is -4.06. The Hall–Kier alpha value is -2.37. The van der Waals surface area contributed by atoms with Crippen molar-refractivity contribution in [2.24, 2.45) is 0 Å². The van der Waals surface area contributed by atoms with Crippen LogP contribution in [0.4, 0.5) is 24.5 Å². The van der Waals surface area contributed by atoms with Crippen LogP contribution in [0, 0.1) is 0 Å². The second kappa shape index (κ2) is 11.3. The fourth-order valence-corrected chi connectivity index (χ4v) is 4.12. The second-order valence-electron chi connectivity index (χ2n) is 6.42. The van der Waals surface area contributed by atoms with E-state index in [-0.39, 0.29) is 35.3 Å². The molecule has 0 radical (unpaired) electrons. The van der Waals surface area contributed by atoms with Crippen molar-refractivity contribution in [3.05, 3.63) is 42.5 Å². The van der Waals surface area contributed by atoms with Gasteiger partial charge < -0.3 is 19.7 Å². The average Bonchev–Trinajstić information content (AvgIpc) is 2.73. The van der Waals surface area contributed by atoms with Gasteiger partial charge in [0.2, 0.25) is 0 Å². The molecule has 2 aromatic rings. The molecule has 31 heavy (non-hydrogen) atoms. The monoisotopic (exact) mass is 481 g/mol. The number of halogens is 4. The molecule has 1 aliphatic heterocycles. The third-order valence-corrected chi connectivity index (χ3v) is 5.72. The average molecular weight is 482 g/mol. The van der Waals surface area contributed by atoms with Crippen LogP contribution in [-0.2, 0) is 10.0 Å². The Morgan fingerprint density at radius 2 is 1.87 bits per heavy atom. The molecule has 12 heteroatoms. The summed E-state index contributed by atoms with van der Waals surface area (Å²) in [6.45, 7) is -0.975. The molecule has 2 N–H and O–H groups in total. The minimum absolute atomic E-state index is 0. The summed E-state index contributed by atoms with van der Waals surface area (Å²) in [6.07, 6.45) is 0. The molecule has 1 fully saturated rings. The first-order valence-corrected chi connectivity index (χ1v) is 10.7. The van der Waals surface area contributed by atoms with Crippen molar-refractivity contribution in [2.75, 3.05) is 49.1 Å². The molecule has 0 unspecified atom stereocenters. The van der Waals surface area contributed by atoms with Crippen LogP contribution in [0.2, 0.25) is 0 Å². The van der Waals surface area contributed by atoms with Crippen molar-refractivity contribution in [1.29, 1.82) is 0 Å². The predicted octanol–water partition coefficient (Wildman–Crippen LogP) is 3.27. The topological polar surface area (TPSA) is 79.9 Å². The number of anilines is 2. The third kappa shape index (κ3) is 6.81. The lowest BCUT2D eigenvalue weighted by Gasteiger charge is -2.31. The van der Waals surface area contributed by atoms with Crippen LogP contribution in [-0.4, -0.2) is 54.5 Å². The zero-order valence-electron chi connectivity index (χ0n) is 16.4. The molecule has 1 heterocycles. The van der Waals surface area contributed by atoms with E-state index < -0.39 is 23.3 Å². The van der Waals surface area contributed by atoms with Crippen LogP contribution in [0.5, 0.6) is 11.5 Å². The maximum atomic E-state index is 12.7. The number of benzene rings is 2. The molecule has 0 atom stereocenters. The molecule has 172 valence electrons. The summed E-state index contributed by atoms with van der Waals surface area (Å²) in [5.41, 5.74) is 0.899. The smallest absolute Gasteiger partial charge is 0.387 e. The first-order valence-electron chi connectivity index (χ1n) is 9.25. The Kier molecular flexibility index (Phi) is 9.08. The standard InChI is InChI=1S/C19H22F3N3O4S.ClH/c20-6-11-28-18-5-4-14(12-17(18)25-9-7-23-8-10-25)24-30(26,27)16-3-1-2-15(13-16)29-19(21)22;/h1-5,12-13,19,23-24H,6-11H2;1H. The van der Waals surface area contributed by atoms with Crippen molar-refractivity contribution < 1.29 is 31.1 Å². The fraction of sp³-hybridized carbons (Fsp3) is 0.368. The Labute approximate surface area is 185 Å². The minimum atomic E-state index is -4.06. The molecule has 7 nitrogen and oxygen atoms in total. The van der Waals surface area contributed by atoms with Gasteiger partial charge in [0.1, 0.15) is 24.8 Å². The number of nitrogens with zero attached hydrogens (tertiary/aromatic N) is 1. The molecule has 1 saturated heterocycles. The molecule has 2 aromatic carbocycles. The molecule has 0 spiro atoms. The van der Waals surface area contributed by atoms with Gasteiger partial charge in [-0.15, -0.1) is 12.4 Å². The van der Waals surface area contributed by atoms with Gasteiger partial charge in [0.15, 0.2) is 0 Å². The van der Waals surface area contributed by atoms with Gasteiger partial charge in [0.05, 0.1) is 16.3 Å². The van der Waals surface area contributed by atoms with Gasteiger partial charge in [-0.05, 0) is 30.3 Å². The van der Waals surface area contributed by atoms with Gasteiger partial charge in [-0.2, -0.15) is 8.78 Å². The van der Waals surface area contributed by atoms with Crippen molar-refractivity contribution in [3.8, 4) is 11.5 Å². The van der Waals surface area contributed by atoms with Crippen molar-refractivity contribution in [2.45, 2.75) is 11.5 Å². The number of piperazine rings is 1. The van der Waals surface area contributed by atoms with Crippen molar-refractivity contribution in [1.82, 2.24) is 5.32 Å². The van der Waals surface area contributed by atoms with Gasteiger partial charge in [-0.3, -0.25) is 4.72 Å². The van der Waals surface area contributed by atoms with E-state index in [1.54, 1.807) is 12.1 Å². The maximum absolute atomic E-state index is 12.7. The Bertz CT molecular complexity index is 960. The van der Waals surface area contributed by atoms with Gasteiger partial charge in [0.25, 0.3) is 10.0 Å². The maximum Gasteiger partial charge on any atom is 0.387 e. The van der Waals surface area contributed by atoms with Crippen molar-refractivity contribution >= 4 is 33.8 Å². The highest BCUT2D eigenvalue weighted by Gasteiger charge is 2.20. The summed E-state index contributed by atoms with van der Waals surface area (Å²) < 4.78 is 75.0. The number of rotatable bonds is 9. The molecule has 1 aliphatic rings. The minimum Gasteiger partial charge on any atom is -0.489 e. The van der Waals surface area contributed by atoms with Crippen LogP contribution >= 0.6 is 12.4 Å². The highest BCUT2D eigenvalue weighted by Crippen LogP contribution is 2.33. The lowest BCUT2D eigenvalue weighted by Crippen LogP contribution is -2.43. The van der Waals surface area contributed by atoms with E-state index >= 15 is 0 Å². The Morgan fingerprint density at radius 1 is 1.13 bits per heavy atom. The number of sulfonamides is 1. The van der Waals surface area contributed by atoms with Gasteiger partial charge in [-0.25, -0.2) is 12.8 Å². The van der Waals surface area contributed by atoms with Crippen LogP contribution in [0.15, 0.2) is 47.4 Å². The van der Waals surface area contributed by atoms with Crippen LogP contribution in [0.1, 0.15) is 0 Å². The second-order valence-corrected chi connectivity index (χ2v) is 8.10. The lowest BCUT2D eigenvalue weighted by atomic mass is 10.2. The number of alkyl halides is 3. The van der Waals surface area contributed by atoms with E-state index in [1.807, 2.05) is 4.90 Å². The first kappa shape index (κ1) is 24.9. The van der Waals surface area contributed by atoms with E-state index in [4.69, 9.17) is 4.74 Å². The summed E-state index contributed by atoms with van der Waals surface area (Å²) in [5, 5.41) is 3.22. The number of hydrogen-bond acceptors (Lipinski definition) is 6. The van der Waals surface area contributed by atoms with E-state index in [9.17, 15) is 21.6 Å². The van der Waals surface area contributed by atoms with E-state index in [0.717, 1.165) is 19.2 Å². The van der Waals surface area contributed by atoms with Crippen LogP contribution < -0.4 is 24.4 Å². The van der Waals surface area contributed by atoms with E-state index in [1.165, 1.54) is 24.3 Å². The lowest BCUT2D eigenvalue weighted by molar-refractivity contribution is -0.0499. The number of hydrogen-bond donors (Lipinski definition) is 2. The summed E-state index contributed by atoms with van der Waals surface area (Å²) in [5.74, 6) is 0.189. The highest BCUT2D eigenvalue weighted by molar-refractivity contribution is 7.92. The molecule has 0 amide bonds. The molecule has 0 bridgehead atoms. The molecule has 0 saturated carbocycles. The van der Waals surface area contributed by atoms with Crippen molar-refractivity contribution in [3.63, 3.8) is 0 Å². The quantitative estimate of drug-likeness (QED) is 0.572. The third-order valence-electron chi connectivity index (χ3n) is 4.34. The van der Waals surface area contributed by atoms with E-state index in [2.05, 4.69) is 14.8 Å². The van der Waals surface area contributed by atoms with Crippen LogP contribution in [0.3, 0.4) is 0 Å². The number of nitrogens with one attached hydrogen (secondary N) is 2. The summed E-state index contributed by atoms with van der Waals surface area (Å²) in [4.78, 5) is 1.79. The van der Waals surface area contributed by atoms with Gasteiger partial charge in [-0.1, -0.05) is 6.07 Å². The summed E-state index contributed by atoms with van der Waals surface area (Å²) >= 11 is 0. The largest absolute Gasteiger partial charge is 0.489 e. The predicted molar refractivity (Wildman–Crippen MR) is 114 cm³/mol. The summed E-state index contributed by atoms with van der Waals surface area (Å²) in [6, 6.07) is 9.52. The molecule has 3 rings (SSSR count).